The maximum atomic E-state index is 12.4. The Bertz CT molecular complexity index is 708. The summed E-state index contributed by atoms with van der Waals surface area (Å²) >= 11 is 2.55. The molecule has 4 nitrogen and oxygen atoms in total. The summed E-state index contributed by atoms with van der Waals surface area (Å²) in [5.41, 5.74) is 0.744. The van der Waals surface area contributed by atoms with Crippen LogP contribution in [0.5, 0.6) is 5.75 Å². The highest BCUT2D eigenvalue weighted by molar-refractivity contribution is 8.19. The summed E-state index contributed by atoms with van der Waals surface area (Å²) in [6.07, 6.45) is 3.34. The number of ketones is 1. The maximum absolute atomic E-state index is 12.4. The molecular formula is C14H10N2O2S2. The molecule has 1 aromatic carbocycles. The summed E-state index contributed by atoms with van der Waals surface area (Å²) in [5.74, 6) is -0.511. The van der Waals surface area contributed by atoms with E-state index in [2.05, 4.69) is 4.98 Å². The molecule has 0 amide bonds. The third-order valence-corrected chi connectivity index (χ3v) is 4.69. The number of hydrogen-bond acceptors (Lipinski definition) is 6. The molecular weight excluding hydrogens is 292 g/mol. The number of nitrogens with one attached hydrogen (secondary N) is 1. The first-order valence-corrected chi connectivity index (χ1v) is 7.55. The number of rotatable bonds is 2. The van der Waals surface area contributed by atoms with Crippen molar-refractivity contribution in [1.82, 2.24) is 4.98 Å². The molecule has 3 rings (SSSR count). The number of benzene rings is 1. The van der Waals surface area contributed by atoms with Crippen molar-refractivity contribution >= 4 is 40.0 Å². The molecule has 6 heteroatoms. The number of phenolic OH excluding ortho intramolecular Hbond substituents is 1. The van der Waals surface area contributed by atoms with Gasteiger partial charge in [0.15, 0.2) is 5.78 Å². The molecule has 0 saturated carbocycles. The zero-order chi connectivity index (χ0) is 14.1. The minimum absolute atomic E-state index is 0.0988. The van der Waals surface area contributed by atoms with Gasteiger partial charge in [-0.15, -0.1) is 11.3 Å². The Morgan fingerprint density at radius 2 is 2.25 bits per heavy atom. The van der Waals surface area contributed by atoms with Crippen LogP contribution in [0, 0.1) is 5.41 Å². The van der Waals surface area contributed by atoms with E-state index >= 15 is 0 Å². The Labute approximate surface area is 123 Å². The molecule has 1 saturated heterocycles. The lowest BCUT2D eigenvalue weighted by molar-refractivity contribution is -0.114. The van der Waals surface area contributed by atoms with Crippen LogP contribution in [0.1, 0.15) is 16.5 Å². The Balaban J connectivity index is 1.94. The van der Waals surface area contributed by atoms with Gasteiger partial charge in [0, 0.05) is 11.6 Å². The Kier molecular flexibility index (Phi) is 3.42. The normalized spacial score (nSPS) is 20.8. The number of nitrogens with zero attached hydrogens (tertiary/aromatic N) is 1. The fourth-order valence-corrected chi connectivity index (χ4v) is 3.76. The van der Waals surface area contributed by atoms with E-state index in [-0.39, 0.29) is 11.5 Å². The molecule has 1 aliphatic heterocycles. The predicted molar refractivity (Wildman–Crippen MR) is 81.3 cm³/mol. The number of thioether (sulfide) groups is 1. The zero-order valence-corrected chi connectivity index (χ0v) is 11.9. The molecule has 2 aromatic rings. The predicted octanol–water partition coefficient (Wildman–Crippen LogP) is 3.27. The van der Waals surface area contributed by atoms with Gasteiger partial charge in [-0.1, -0.05) is 23.9 Å². The minimum Gasteiger partial charge on any atom is -0.508 e. The average molecular weight is 302 g/mol. The van der Waals surface area contributed by atoms with Crippen LogP contribution in [0.15, 0.2) is 40.7 Å². The van der Waals surface area contributed by atoms with Crippen LogP contribution in [-0.4, -0.2) is 20.9 Å². The first kappa shape index (κ1) is 13.1. The van der Waals surface area contributed by atoms with Crippen molar-refractivity contribution < 1.29 is 9.90 Å². The van der Waals surface area contributed by atoms with Gasteiger partial charge in [0.1, 0.15) is 16.7 Å². The molecule has 0 spiro atoms. The van der Waals surface area contributed by atoms with E-state index < -0.39 is 5.92 Å². The van der Waals surface area contributed by atoms with Gasteiger partial charge >= 0.3 is 0 Å². The van der Waals surface area contributed by atoms with Gasteiger partial charge in [-0.3, -0.25) is 10.2 Å². The summed E-state index contributed by atoms with van der Waals surface area (Å²) in [4.78, 5) is 17.0. The average Bonchev–Trinajstić information content (AvgIpc) is 2.99. The summed E-state index contributed by atoms with van der Waals surface area (Å²) in [5, 5.41) is 20.2. The fraction of sp³-hybridized carbons (Fsp3) is 0.0714. The Morgan fingerprint density at radius 3 is 2.95 bits per heavy atom. The van der Waals surface area contributed by atoms with E-state index in [0.717, 1.165) is 17.3 Å². The number of Topliss-reactive ketones (excluding diaryl/α,β-unsaturated/α-hetero) is 1. The lowest BCUT2D eigenvalue weighted by Crippen LogP contribution is -2.11. The van der Waals surface area contributed by atoms with Crippen LogP contribution >= 0.6 is 23.1 Å². The quantitative estimate of drug-likeness (QED) is 0.835. The molecule has 0 bridgehead atoms. The molecule has 20 heavy (non-hydrogen) atoms. The smallest absolute Gasteiger partial charge is 0.186 e. The maximum Gasteiger partial charge on any atom is 0.186 e. The summed E-state index contributed by atoms with van der Waals surface area (Å²) in [6, 6.07) is 6.68. The van der Waals surface area contributed by atoms with E-state index in [9.17, 15) is 9.90 Å². The van der Waals surface area contributed by atoms with Crippen LogP contribution in [0.3, 0.4) is 0 Å². The van der Waals surface area contributed by atoms with Crippen molar-refractivity contribution in [3.63, 3.8) is 0 Å². The Hall–Kier alpha value is -1.92. The van der Waals surface area contributed by atoms with E-state index in [0.29, 0.717) is 15.0 Å². The number of phenols is 1. The van der Waals surface area contributed by atoms with E-state index in [1.807, 2.05) is 0 Å². The van der Waals surface area contributed by atoms with Crippen LogP contribution in [0.2, 0.25) is 0 Å². The third-order valence-electron chi connectivity index (χ3n) is 2.85. The van der Waals surface area contributed by atoms with Crippen molar-refractivity contribution in [3.8, 4) is 5.75 Å². The standard InChI is InChI=1S/C14H10N2O2S2/c15-13-11(14-16-4-5-19-14)12(18)10(20-13)7-8-2-1-3-9(17)6-8/h1-7,11,15,17H/b10-7-,15-13?/t11-/m0/s1. The van der Waals surface area contributed by atoms with E-state index in [1.165, 1.54) is 11.3 Å². The molecule has 1 fully saturated rings. The van der Waals surface area contributed by atoms with Gasteiger partial charge in [0.25, 0.3) is 0 Å². The van der Waals surface area contributed by atoms with Gasteiger partial charge in [0.05, 0.1) is 9.95 Å². The van der Waals surface area contributed by atoms with E-state index in [1.54, 1.807) is 41.9 Å². The highest BCUT2D eigenvalue weighted by Gasteiger charge is 2.38. The number of hydrogen-bond donors (Lipinski definition) is 2. The molecule has 0 aliphatic carbocycles. The number of thiazole rings is 1. The lowest BCUT2D eigenvalue weighted by Gasteiger charge is -2.01. The number of allylic oxidation sites excluding steroid dienone is 1. The first-order chi connectivity index (χ1) is 9.65. The topological polar surface area (TPSA) is 74.0 Å². The second-order valence-corrected chi connectivity index (χ2v) is 6.25. The van der Waals surface area contributed by atoms with Crippen LogP contribution in [0.25, 0.3) is 6.08 Å². The van der Waals surface area contributed by atoms with Crippen molar-refractivity contribution in [3.05, 3.63) is 51.3 Å². The molecule has 0 radical (unpaired) electrons. The molecule has 2 N–H and O–H groups in total. The molecule has 1 atom stereocenters. The molecule has 1 aromatic heterocycles. The van der Waals surface area contributed by atoms with Gasteiger partial charge in [-0.05, 0) is 23.8 Å². The van der Waals surface area contributed by atoms with Crippen LogP contribution in [0.4, 0.5) is 0 Å². The van der Waals surface area contributed by atoms with Crippen molar-refractivity contribution in [2.75, 3.05) is 0 Å². The molecule has 0 unspecified atom stereocenters. The van der Waals surface area contributed by atoms with E-state index in [4.69, 9.17) is 5.41 Å². The number of carbonyl (C=O) groups is 1. The summed E-state index contributed by atoms with van der Waals surface area (Å²) in [6.45, 7) is 0. The van der Waals surface area contributed by atoms with Crippen LogP contribution in [-0.2, 0) is 4.79 Å². The van der Waals surface area contributed by atoms with Gasteiger partial charge in [-0.25, -0.2) is 4.98 Å². The summed E-state index contributed by atoms with van der Waals surface area (Å²) < 4.78 is 0. The van der Waals surface area contributed by atoms with Crippen molar-refractivity contribution in [2.24, 2.45) is 0 Å². The minimum atomic E-state index is -0.566. The monoisotopic (exact) mass is 302 g/mol. The highest BCUT2D eigenvalue weighted by atomic mass is 32.2. The number of aromatic nitrogens is 1. The summed E-state index contributed by atoms with van der Waals surface area (Å²) in [7, 11) is 0. The van der Waals surface area contributed by atoms with Gasteiger partial charge in [0.2, 0.25) is 0 Å². The van der Waals surface area contributed by atoms with Gasteiger partial charge < -0.3 is 5.11 Å². The second-order valence-electron chi connectivity index (χ2n) is 4.24. The fourth-order valence-electron chi connectivity index (χ4n) is 1.96. The number of aromatic hydroxyl groups is 1. The largest absolute Gasteiger partial charge is 0.508 e. The SMILES string of the molecule is N=C1S/C(=C\c2cccc(O)c2)C(=O)[C@@H]1c1nccs1. The highest BCUT2D eigenvalue weighted by Crippen LogP contribution is 2.41. The molecule has 1 aliphatic rings. The van der Waals surface area contributed by atoms with Crippen molar-refractivity contribution in [1.29, 1.82) is 5.41 Å². The van der Waals surface area contributed by atoms with Crippen LogP contribution < -0.4 is 0 Å². The number of carbonyl (C=O) groups excluding carboxylic acids is 1. The second kappa shape index (κ2) is 5.22. The molecule has 100 valence electrons. The third kappa shape index (κ3) is 2.39. The van der Waals surface area contributed by atoms with Crippen molar-refractivity contribution in [2.45, 2.75) is 5.92 Å². The Morgan fingerprint density at radius 1 is 1.40 bits per heavy atom. The van der Waals surface area contributed by atoms with Gasteiger partial charge in [-0.2, -0.15) is 0 Å². The molecule has 2 heterocycles. The first-order valence-electron chi connectivity index (χ1n) is 5.86. The zero-order valence-electron chi connectivity index (χ0n) is 10.2. The lowest BCUT2D eigenvalue weighted by atomic mass is 10.1.